The smallest absolute Gasteiger partial charge is 0.253 e. The molecule has 1 aromatic rings. The molecule has 0 saturated carbocycles. The van der Waals surface area contributed by atoms with Crippen LogP contribution in [0.3, 0.4) is 0 Å². The maximum atomic E-state index is 12.5. The summed E-state index contributed by atoms with van der Waals surface area (Å²) in [5.41, 5.74) is 0.364. The molecule has 0 bridgehead atoms. The van der Waals surface area contributed by atoms with E-state index in [1.165, 1.54) is 18.3 Å². The zero-order chi connectivity index (χ0) is 10.7. The molecule has 1 fully saturated rings. The molecule has 2 rings (SSSR count). The van der Waals surface area contributed by atoms with E-state index < -0.39 is 5.95 Å². The molecule has 1 saturated heterocycles. The minimum absolute atomic E-state index is 0.0579. The lowest BCUT2D eigenvalue weighted by Gasteiger charge is -2.09. The van der Waals surface area contributed by atoms with Crippen LogP contribution in [0.5, 0.6) is 0 Å². The molecule has 5 heteroatoms. The third-order valence-corrected chi connectivity index (χ3v) is 2.25. The fourth-order valence-corrected chi connectivity index (χ4v) is 1.43. The van der Waals surface area contributed by atoms with Gasteiger partial charge in [-0.25, -0.2) is 4.98 Å². The average molecular weight is 210 g/mol. The van der Waals surface area contributed by atoms with E-state index in [-0.39, 0.29) is 11.9 Å². The molecular weight excluding hydrogens is 199 g/mol. The third kappa shape index (κ3) is 2.50. The molecule has 1 aliphatic rings. The minimum atomic E-state index is -0.587. The van der Waals surface area contributed by atoms with Crippen LogP contribution < -0.4 is 5.32 Å². The van der Waals surface area contributed by atoms with Crippen molar-refractivity contribution >= 4 is 5.91 Å². The second-order valence-electron chi connectivity index (χ2n) is 3.40. The van der Waals surface area contributed by atoms with Crippen molar-refractivity contribution < 1.29 is 13.9 Å². The van der Waals surface area contributed by atoms with Crippen LogP contribution in [-0.2, 0) is 4.74 Å². The van der Waals surface area contributed by atoms with Crippen molar-refractivity contribution in [2.75, 3.05) is 13.2 Å². The quantitative estimate of drug-likeness (QED) is 0.732. The van der Waals surface area contributed by atoms with Crippen molar-refractivity contribution in [3.05, 3.63) is 29.8 Å². The number of rotatable bonds is 2. The summed E-state index contributed by atoms with van der Waals surface area (Å²) in [6.45, 7) is 1.22. The molecule has 1 amide bonds. The highest BCUT2D eigenvalue weighted by Crippen LogP contribution is 2.05. The Balaban J connectivity index is 1.98. The van der Waals surface area contributed by atoms with Crippen molar-refractivity contribution in [2.45, 2.75) is 12.5 Å². The van der Waals surface area contributed by atoms with Crippen LogP contribution in [0.4, 0.5) is 4.39 Å². The number of carbonyl (C=O) groups excluding carboxylic acids is 1. The van der Waals surface area contributed by atoms with E-state index in [0.717, 1.165) is 6.42 Å². The molecule has 0 aromatic carbocycles. The fourth-order valence-electron chi connectivity index (χ4n) is 1.43. The maximum Gasteiger partial charge on any atom is 0.253 e. The van der Waals surface area contributed by atoms with Gasteiger partial charge in [0.25, 0.3) is 5.91 Å². The minimum Gasteiger partial charge on any atom is -0.379 e. The molecule has 4 nitrogen and oxygen atoms in total. The molecule has 0 spiro atoms. The number of aromatic nitrogens is 1. The second kappa shape index (κ2) is 4.35. The highest BCUT2D eigenvalue weighted by atomic mass is 19.1. The Kier molecular flexibility index (Phi) is 2.91. The summed E-state index contributed by atoms with van der Waals surface area (Å²) in [5, 5.41) is 2.79. The summed E-state index contributed by atoms with van der Waals surface area (Å²) in [5.74, 6) is -0.825. The molecule has 80 valence electrons. The van der Waals surface area contributed by atoms with E-state index in [1.807, 2.05) is 0 Å². The Labute approximate surface area is 86.5 Å². The van der Waals surface area contributed by atoms with Gasteiger partial charge in [-0.1, -0.05) is 0 Å². The van der Waals surface area contributed by atoms with Crippen LogP contribution in [0.1, 0.15) is 16.8 Å². The van der Waals surface area contributed by atoms with Crippen LogP contribution >= 0.6 is 0 Å². The normalized spacial score (nSPS) is 20.2. The van der Waals surface area contributed by atoms with Gasteiger partial charge in [0.1, 0.15) is 0 Å². The van der Waals surface area contributed by atoms with E-state index in [9.17, 15) is 9.18 Å². The number of amides is 1. The number of nitrogens with one attached hydrogen (secondary N) is 1. The predicted octanol–water partition coefficient (Wildman–Crippen LogP) is 0.739. The Bertz CT molecular complexity index is 347. The first kappa shape index (κ1) is 10.0. The number of halogens is 1. The molecular formula is C10H11FN2O2. The summed E-state index contributed by atoms with van der Waals surface area (Å²) in [6.07, 6.45) is 2.04. The van der Waals surface area contributed by atoms with E-state index in [4.69, 9.17) is 4.74 Å². The van der Waals surface area contributed by atoms with Crippen molar-refractivity contribution in [2.24, 2.45) is 0 Å². The molecule has 0 aliphatic carbocycles. The lowest BCUT2D eigenvalue weighted by Crippen LogP contribution is -2.35. The summed E-state index contributed by atoms with van der Waals surface area (Å²) < 4.78 is 17.6. The molecule has 1 N–H and O–H groups in total. The van der Waals surface area contributed by atoms with Gasteiger partial charge < -0.3 is 10.1 Å². The van der Waals surface area contributed by atoms with Crippen molar-refractivity contribution in [1.29, 1.82) is 0 Å². The Morgan fingerprint density at radius 1 is 1.60 bits per heavy atom. The van der Waals surface area contributed by atoms with E-state index in [0.29, 0.717) is 18.8 Å². The molecule has 1 unspecified atom stereocenters. The summed E-state index contributed by atoms with van der Waals surface area (Å²) in [7, 11) is 0. The van der Waals surface area contributed by atoms with Crippen molar-refractivity contribution in [1.82, 2.24) is 10.3 Å². The number of hydrogen-bond acceptors (Lipinski definition) is 3. The lowest BCUT2D eigenvalue weighted by molar-refractivity contribution is 0.0929. The predicted molar refractivity (Wildman–Crippen MR) is 50.9 cm³/mol. The molecule has 15 heavy (non-hydrogen) atoms. The van der Waals surface area contributed by atoms with E-state index in [2.05, 4.69) is 10.3 Å². The number of pyridine rings is 1. The molecule has 1 atom stereocenters. The Morgan fingerprint density at radius 2 is 2.47 bits per heavy atom. The zero-order valence-corrected chi connectivity index (χ0v) is 8.07. The SMILES string of the molecule is O=C(NC1CCOC1)c1ccc(F)nc1. The van der Waals surface area contributed by atoms with Gasteiger partial charge >= 0.3 is 0 Å². The van der Waals surface area contributed by atoms with Gasteiger partial charge in [-0.2, -0.15) is 4.39 Å². The first-order valence-corrected chi connectivity index (χ1v) is 4.76. The van der Waals surface area contributed by atoms with E-state index >= 15 is 0 Å². The van der Waals surface area contributed by atoms with Gasteiger partial charge in [-0.05, 0) is 18.6 Å². The summed E-state index contributed by atoms with van der Waals surface area (Å²) in [4.78, 5) is 15.0. The van der Waals surface area contributed by atoms with E-state index in [1.54, 1.807) is 0 Å². The average Bonchev–Trinajstić information content (AvgIpc) is 2.71. The Morgan fingerprint density at radius 3 is 3.07 bits per heavy atom. The number of nitrogens with zero attached hydrogens (tertiary/aromatic N) is 1. The van der Waals surface area contributed by atoms with Crippen molar-refractivity contribution in [3.63, 3.8) is 0 Å². The van der Waals surface area contributed by atoms with Crippen LogP contribution in [-0.4, -0.2) is 30.1 Å². The van der Waals surface area contributed by atoms with Crippen LogP contribution in [0.15, 0.2) is 18.3 Å². The Hall–Kier alpha value is -1.49. The van der Waals surface area contributed by atoms with Gasteiger partial charge in [0.15, 0.2) is 0 Å². The number of hydrogen-bond donors (Lipinski definition) is 1. The lowest BCUT2D eigenvalue weighted by atomic mass is 10.2. The topological polar surface area (TPSA) is 51.2 Å². The largest absolute Gasteiger partial charge is 0.379 e. The van der Waals surface area contributed by atoms with Crippen LogP contribution in [0.25, 0.3) is 0 Å². The zero-order valence-electron chi connectivity index (χ0n) is 8.07. The van der Waals surface area contributed by atoms with Gasteiger partial charge in [-0.3, -0.25) is 4.79 Å². The standard InChI is InChI=1S/C10H11FN2O2/c11-9-2-1-7(5-12-9)10(14)13-8-3-4-15-6-8/h1-2,5,8H,3-4,6H2,(H,13,14). The van der Waals surface area contributed by atoms with Gasteiger partial charge in [0.2, 0.25) is 5.95 Å². The van der Waals surface area contributed by atoms with Gasteiger partial charge in [0, 0.05) is 12.8 Å². The van der Waals surface area contributed by atoms with Crippen molar-refractivity contribution in [3.8, 4) is 0 Å². The monoisotopic (exact) mass is 210 g/mol. The fraction of sp³-hybridized carbons (Fsp3) is 0.400. The van der Waals surface area contributed by atoms with Gasteiger partial charge in [-0.15, -0.1) is 0 Å². The molecule has 1 aliphatic heterocycles. The van der Waals surface area contributed by atoms with Crippen LogP contribution in [0, 0.1) is 5.95 Å². The first-order valence-electron chi connectivity index (χ1n) is 4.76. The molecule has 1 aromatic heterocycles. The number of carbonyl (C=O) groups is 1. The highest BCUT2D eigenvalue weighted by Gasteiger charge is 2.18. The maximum absolute atomic E-state index is 12.5. The van der Waals surface area contributed by atoms with Gasteiger partial charge in [0.05, 0.1) is 18.2 Å². The first-order chi connectivity index (χ1) is 7.25. The second-order valence-corrected chi connectivity index (χ2v) is 3.40. The summed E-state index contributed by atoms with van der Waals surface area (Å²) in [6, 6.07) is 2.63. The summed E-state index contributed by atoms with van der Waals surface area (Å²) >= 11 is 0. The number of ether oxygens (including phenoxy) is 1. The molecule has 0 radical (unpaired) electrons. The third-order valence-electron chi connectivity index (χ3n) is 2.25. The van der Waals surface area contributed by atoms with Crippen LogP contribution in [0.2, 0.25) is 0 Å². The molecule has 2 heterocycles. The highest BCUT2D eigenvalue weighted by molar-refractivity contribution is 5.94.